The molecule has 1 unspecified atom stereocenters. The van der Waals surface area contributed by atoms with Gasteiger partial charge in [-0.15, -0.1) is 0 Å². The van der Waals surface area contributed by atoms with Crippen molar-refractivity contribution >= 4 is 17.8 Å². The molecule has 3 heterocycles. The second-order valence-corrected chi connectivity index (χ2v) is 11.4. The van der Waals surface area contributed by atoms with Crippen LogP contribution in [0.4, 0.5) is 0 Å². The summed E-state index contributed by atoms with van der Waals surface area (Å²) in [4.78, 5) is 40.8. The zero-order chi connectivity index (χ0) is 30.3. The third kappa shape index (κ3) is 5.01. The largest absolute Gasteiger partial charge is 0.461 e. The molecule has 0 aromatic heterocycles. The lowest BCUT2D eigenvalue weighted by Gasteiger charge is -2.37. The maximum absolute atomic E-state index is 13.2. The van der Waals surface area contributed by atoms with E-state index >= 15 is 0 Å². The second kappa shape index (κ2) is 11.3. The van der Waals surface area contributed by atoms with Gasteiger partial charge in [-0.05, 0) is 41.8 Å². The molecule has 0 radical (unpaired) electrons. The summed E-state index contributed by atoms with van der Waals surface area (Å²) in [5.41, 5.74) is 4.86. The Morgan fingerprint density at radius 2 is 1.43 bits per heavy atom. The van der Waals surface area contributed by atoms with Gasteiger partial charge in [0.15, 0.2) is 5.60 Å². The number of hydrogen-bond donors (Lipinski definition) is 0. The SMILES string of the molecule is Cc1ccc(COC(=O)Cc2ccc3c(c2)Oc2cc(CC(=O)N4CCOCC4)ccc2C32OC(=O)c3ccccc32)cc1. The van der Waals surface area contributed by atoms with Crippen LogP contribution in [0.15, 0.2) is 84.9 Å². The van der Waals surface area contributed by atoms with E-state index in [-0.39, 0.29) is 31.3 Å². The van der Waals surface area contributed by atoms with Gasteiger partial charge in [-0.1, -0.05) is 72.3 Å². The van der Waals surface area contributed by atoms with E-state index in [0.29, 0.717) is 60.1 Å². The Hall–Kier alpha value is -4.95. The van der Waals surface area contributed by atoms with Crippen LogP contribution >= 0.6 is 0 Å². The molecule has 0 aliphatic carbocycles. The van der Waals surface area contributed by atoms with Gasteiger partial charge in [0.25, 0.3) is 0 Å². The maximum atomic E-state index is 13.2. The van der Waals surface area contributed by atoms with Gasteiger partial charge in [-0.3, -0.25) is 9.59 Å². The van der Waals surface area contributed by atoms with Crippen molar-refractivity contribution in [2.75, 3.05) is 26.3 Å². The Kier molecular flexibility index (Phi) is 7.14. The maximum Gasteiger partial charge on any atom is 0.340 e. The number of aryl methyl sites for hydroxylation is 1. The van der Waals surface area contributed by atoms with Crippen molar-refractivity contribution in [1.29, 1.82) is 0 Å². The van der Waals surface area contributed by atoms with Crippen LogP contribution < -0.4 is 4.74 Å². The summed E-state index contributed by atoms with van der Waals surface area (Å²) in [6.45, 7) is 4.40. The molecule has 8 nitrogen and oxygen atoms in total. The summed E-state index contributed by atoms with van der Waals surface area (Å²) in [6.07, 6.45) is 0.257. The molecule has 0 bridgehead atoms. The normalized spacial score (nSPS) is 18.1. The number of rotatable bonds is 6. The summed E-state index contributed by atoms with van der Waals surface area (Å²) in [5.74, 6) is 0.201. The number of fused-ring (bicyclic) bond motifs is 6. The van der Waals surface area contributed by atoms with Crippen LogP contribution in [0, 0.1) is 6.92 Å². The van der Waals surface area contributed by atoms with Gasteiger partial charge < -0.3 is 23.8 Å². The van der Waals surface area contributed by atoms with Crippen molar-refractivity contribution in [2.24, 2.45) is 0 Å². The molecule has 1 amide bonds. The molecule has 0 N–H and O–H groups in total. The molecular weight excluding hydrogens is 558 g/mol. The van der Waals surface area contributed by atoms with Gasteiger partial charge in [0, 0.05) is 29.8 Å². The van der Waals surface area contributed by atoms with E-state index < -0.39 is 11.6 Å². The van der Waals surface area contributed by atoms with Crippen molar-refractivity contribution in [3.63, 3.8) is 0 Å². The number of morpholine rings is 1. The number of carbonyl (C=O) groups excluding carboxylic acids is 3. The van der Waals surface area contributed by atoms with Crippen molar-refractivity contribution < 1.29 is 33.3 Å². The summed E-state index contributed by atoms with van der Waals surface area (Å²) >= 11 is 0. The van der Waals surface area contributed by atoms with Crippen LogP contribution in [-0.2, 0) is 48.8 Å². The lowest BCUT2D eigenvalue weighted by Crippen LogP contribution is -2.41. The van der Waals surface area contributed by atoms with Crippen molar-refractivity contribution in [1.82, 2.24) is 4.90 Å². The fourth-order valence-corrected chi connectivity index (χ4v) is 6.15. The van der Waals surface area contributed by atoms with E-state index in [9.17, 15) is 14.4 Å². The smallest absolute Gasteiger partial charge is 0.340 e. The molecule has 7 rings (SSSR count). The minimum atomic E-state index is -1.23. The molecular formula is C36H31NO7. The number of carbonyl (C=O) groups is 3. The van der Waals surface area contributed by atoms with E-state index in [1.54, 1.807) is 17.0 Å². The molecule has 0 saturated carbocycles. The van der Waals surface area contributed by atoms with Crippen LogP contribution in [0.1, 0.15) is 49.3 Å². The van der Waals surface area contributed by atoms with Gasteiger partial charge in [0.05, 0.1) is 31.6 Å². The van der Waals surface area contributed by atoms with Gasteiger partial charge >= 0.3 is 11.9 Å². The van der Waals surface area contributed by atoms with E-state index in [0.717, 1.165) is 22.3 Å². The molecule has 3 aliphatic rings. The summed E-state index contributed by atoms with van der Waals surface area (Å²) in [5, 5.41) is 0. The third-order valence-electron chi connectivity index (χ3n) is 8.43. The van der Waals surface area contributed by atoms with E-state index in [2.05, 4.69) is 0 Å². The fourth-order valence-electron chi connectivity index (χ4n) is 6.15. The van der Waals surface area contributed by atoms with Gasteiger partial charge in [0.1, 0.15) is 18.1 Å². The first kappa shape index (κ1) is 27.9. The highest BCUT2D eigenvalue weighted by Gasteiger charge is 2.53. The summed E-state index contributed by atoms with van der Waals surface area (Å²) < 4.78 is 23.6. The van der Waals surface area contributed by atoms with Gasteiger partial charge in [-0.25, -0.2) is 4.79 Å². The minimum Gasteiger partial charge on any atom is -0.461 e. The van der Waals surface area contributed by atoms with Crippen LogP contribution in [0.5, 0.6) is 11.5 Å². The monoisotopic (exact) mass is 589 g/mol. The third-order valence-corrected chi connectivity index (χ3v) is 8.43. The number of amides is 1. The van der Waals surface area contributed by atoms with Crippen LogP contribution in [-0.4, -0.2) is 49.0 Å². The van der Waals surface area contributed by atoms with E-state index in [1.165, 1.54) is 0 Å². The number of esters is 2. The zero-order valence-corrected chi connectivity index (χ0v) is 24.3. The number of ether oxygens (including phenoxy) is 4. The van der Waals surface area contributed by atoms with Crippen molar-refractivity contribution in [3.05, 3.63) is 129 Å². The first-order valence-corrected chi connectivity index (χ1v) is 14.7. The molecule has 8 heteroatoms. The average Bonchev–Trinajstić information content (AvgIpc) is 3.33. The van der Waals surface area contributed by atoms with E-state index in [4.69, 9.17) is 18.9 Å². The topological polar surface area (TPSA) is 91.4 Å². The lowest BCUT2D eigenvalue weighted by atomic mass is 9.77. The Bertz CT molecular complexity index is 1770. The Morgan fingerprint density at radius 3 is 2.14 bits per heavy atom. The zero-order valence-electron chi connectivity index (χ0n) is 24.3. The summed E-state index contributed by atoms with van der Waals surface area (Å²) in [7, 11) is 0. The Labute approximate surface area is 255 Å². The van der Waals surface area contributed by atoms with Crippen LogP contribution in [0.25, 0.3) is 0 Å². The molecule has 222 valence electrons. The van der Waals surface area contributed by atoms with Crippen LogP contribution in [0.3, 0.4) is 0 Å². The predicted octanol–water partition coefficient (Wildman–Crippen LogP) is 5.25. The van der Waals surface area contributed by atoms with Gasteiger partial charge in [-0.2, -0.15) is 0 Å². The molecule has 1 saturated heterocycles. The molecule has 1 fully saturated rings. The first-order valence-electron chi connectivity index (χ1n) is 14.7. The van der Waals surface area contributed by atoms with Crippen molar-refractivity contribution in [2.45, 2.75) is 32.0 Å². The molecule has 4 aromatic carbocycles. The molecule has 44 heavy (non-hydrogen) atoms. The average molecular weight is 590 g/mol. The van der Waals surface area contributed by atoms with E-state index in [1.807, 2.05) is 79.7 Å². The quantitative estimate of drug-likeness (QED) is 0.284. The Balaban J connectivity index is 1.20. The Morgan fingerprint density at radius 1 is 0.795 bits per heavy atom. The molecule has 1 atom stereocenters. The molecule has 4 aromatic rings. The molecule has 1 spiro atoms. The highest BCUT2D eigenvalue weighted by Crippen LogP contribution is 2.56. The first-order chi connectivity index (χ1) is 21.4. The standard InChI is InChI=1S/C36H31NO7/c1-23-6-8-24(9-7-23)22-42-34(39)21-26-11-13-30-32(19-26)43-31-18-25(20-33(38)37-14-16-41-17-15-37)10-12-29(31)36(30)28-5-3-2-4-27(28)35(40)44-36/h2-13,18-19H,14-17,20-22H2,1H3. The highest BCUT2D eigenvalue weighted by molar-refractivity contribution is 5.97. The lowest BCUT2D eigenvalue weighted by molar-refractivity contribution is -0.144. The second-order valence-electron chi connectivity index (χ2n) is 11.4. The fraction of sp³-hybridized carbons (Fsp3) is 0.250. The highest BCUT2D eigenvalue weighted by atomic mass is 16.6. The molecule has 3 aliphatic heterocycles. The number of benzene rings is 4. The number of hydrogen-bond acceptors (Lipinski definition) is 7. The minimum absolute atomic E-state index is 0.0169. The predicted molar refractivity (Wildman–Crippen MR) is 160 cm³/mol. The number of nitrogens with zero attached hydrogens (tertiary/aromatic N) is 1. The van der Waals surface area contributed by atoms with Crippen molar-refractivity contribution in [3.8, 4) is 11.5 Å². The summed E-state index contributed by atoms with van der Waals surface area (Å²) in [6, 6.07) is 26.3. The van der Waals surface area contributed by atoms with Gasteiger partial charge in [0.2, 0.25) is 5.91 Å². The van der Waals surface area contributed by atoms with Crippen LogP contribution in [0.2, 0.25) is 0 Å².